The number of nitrogens with zero attached hydrogens (tertiary/aromatic N) is 2. The first-order valence-corrected chi connectivity index (χ1v) is 7.01. The van der Waals surface area contributed by atoms with Gasteiger partial charge >= 0.3 is 0 Å². The van der Waals surface area contributed by atoms with Gasteiger partial charge in [0.05, 0.1) is 6.04 Å². The van der Waals surface area contributed by atoms with E-state index in [4.69, 9.17) is 11.0 Å². The van der Waals surface area contributed by atoms with Gasteiger partial charge in [0, 0.05) is 12.7 Å². The van der Waals surface area contributed by atoms with Gasteiger partial charge in [0.15, 0.2) is 0 Å². The predicted octanol–water partition coefficient (Wildman–Crippen LogP) is 1.08. The minimum Gasteiger partial charge on any atom is -0.345 e. The zero-order chi connectivity index (χ0) is 16.4. The Kier molecular flexibility index (Phi) is 7.37. The van der Waals surface area contributed by atoms with Crippen LogP contribution in [0.1, 0.15) is 24.9 Å². The molecule has 1 rings (SSSR count). The van der Waals surface area contributed by atoms with Crippen molar-refractivity contribution in [1.29, 1.82) is 5.26 Å². The smallest absolute Gasteiger partial charge is 0.263 e. The normalized spacial score (nSPS) is 12.1. The van der Waals surface area contributed by atoms with Gasteiger partial charge in [-0.2, -0.15) is 5.26 Å². The molecule has 6 heteroatoms. The number of benzene rings is 1. The van der Waals surface area contributed by atoms with E-state index in [-0.39, 0.29) is 11.6 Å². The number of nitrogens with two attached hydrogens (primary N) is 1. The van der Waals surface area contributed by atoms with Gasteiger partial charge in [-0.1, -0.05) is 30.3 Å². The van der Waals surface area contributed by atoms with Crippen molar-refractivity contribution >= 4 is 12.3 Å². The molecule has 0 fully saturated rings. The third-order valence-corrected chi connectivity index (χ3v) is 3.06. The summed E-state index contributed by atoms with van der Waals surface area (Å²) in [5, 5.41) is 11.8. The average Bonchev–Trinajstić information content (AvgIpc) is 2.55. The lowest BCUT2D eigenvalue weighted by molar-refractivity contribution is -0.117. The van der Waals surface area contributed by atoms with Gasteiger partial charge in [0.2, 0.25) is 6.41 Å². The predicted molar refractivity (Wildman–Crippen MR) is 83.1 cm³/mol. The van der Waals surface area contributed by atoms with Crippen LogP contribution in [0.3, 0.4) is 0 Å². The van der Waals surface area contributed by atoms with Crippen molar-refractivity contribution in [3.63, 3.8) is 0 Å². The Morgan fingerprint density at radius 2 is 2.14 bits per heavy atom. The monoisotopic (exact) mass is 300 g/mol. The van der Waals surface area contributed by atoms with Gasteiger partial charge in [-0.3, -0.25) is 9.59 Å². The number of nitrogens with one attached hydrogen (secondary N) is 1. The van der Waals surface area contributed by atoms with Crippen molar-refractivity contribution in [3.8, 4) is 6.07 Å². The third kappa shape index (κ3) is 5.38. The van der Waals surface area contributed by atoms with Crippen LogP contribution >= 0.6 is 0 Å². The highest BCUT2D eigenvalue weighted by atomic mass is 16.2. The van der Waals surface area contributed by atoms with Crippen LogP contribution in [-0.4, -0.2) is 30.3 Å². The summed E-state index contributed by atoms with van der Waals surface area (Å²) < 4.78 is 0. The van der Waals surface area contributed by atoms with Crippen LogP contribution in [0, 0.1) is 11.3 Å². The van der Waals surface area contributed by atoms with E-state index in [9.17, 15) is 9.59 Å². The topological polar surface area (TPSA) is 99.2 Å². The van der Waals surface area contributed by atoms with Gasteiger partial charge in [0.25, 0.3) is 5.91 Å². The lowest BCUT2D eigenvalue weighted by Gasteiger charge is -2.15. The summed E-state index contributed by atoms with van der Waals surface area (Å²) in [5.41, 5.74) is 6.19. The second-order valence-corrected chi connectivity index (χ2v) is 4.75. The number of carbonyl (C=O) groups is 2. The summed E-state index contributed by atoms with van der Waals surface area (Å²) in [5.74, 6) is -0.515. The minimum atomic E-state index is -0.515. The Balaban J connectivity index is 2.75. The van der Waals surface area contributed by atoms with Gasteiger partial charge in [-0.15, -0.1) is 0 Å². The Morgan fingerprint density at radius 3 is 2.68 bits per heavy atom. The Morgan fingerprint density at radius 1 is 1.45 bits per heavy atom. The van der Waals surface area contributed by atoms with Crippen molar-refractivity contribution in [2.45, 2.75) is 19.4 Å². The lowest BCUT2D eigenvalue weighted by Crippen LogP contribution is -2.29. The van der Waals surface area contributed by atoms with Crippen LogP contribution in [0.2, 0.25) is 0 Å². The highest BCUT2D eigenvalue weighted by Gasteiger charge is 2.14. The van der Waals surface area contributed by atoms with Crippen LogP contribution in [0.25, 0.3) is 0 Å². The van der Waals surface area contributed by atoms with Crippen molar-refractivity contribution in [2.75, 3.05) is 13.1 Å². The van der Waals surface area contributed by atoms with Crippen molar-refractivity contribution in [1.82, 2.24) is 10.2 Å². The zero-order valence-corrected chi connectivity index (χ0v) is 12.5. The van der Waals surface area contributed by atoms with Crippen molar-refractivity contribution in [2.24, 2.45) is 5.73 Å². The first-order chi connectivity index (χ1) is 10.6. The number of carbonyl (C=O) groups excluding carboxylic acids is 2. The summed E-state index contributed by atoms with van der Waals surface area (Å²) in [4.78, 5) is 24.3. The molecule has 6 nitrogen and oxygen atoms in total. The van der Waals surface area contributed by atoms with Crippen LogP contribution in [-0.2, 0) is 9.59 Å². The molecule has 22 heavy (non-hydrogen) atoms. The zero-order valence-electron chi connectivity index (χ0n) is 12.5. The van der Waals surface area contributed by atoms with E-state index in [1.54, 1.807) is 0 Å². The molecule has 1 unspecified atom stereocenters. The number of hydrogen-bond donors (Lipinski definition) is 2. The Labute approximate surface area is 130 Å². The van der Waals surface area contributed by atoms with E-state index in [2.05, 4.69) is 5.32 Å². The molecule has 1 aromatic carbocycles. The van der Waals surface area contributed by atoms with E-state index in [1.165, 1.54) is 11.1 Å². The van der Waals surface area contributed by atoms with Crippen molar-refractivity contribution in [3.05, 3.63) is 47.7 Å². The molecule has 0 bridgehead atoms. The largest absolute Gasteiger partial charge is 0.345 e. The van der Waals surface area contributed by atoms with E-state index < -0.39 is 5.91 Å². The summed E-state index contributed by atoms with van der Waals surface area (Å²) in [7, 11) is 0. The van der Waals surface area contributed by atoms with E-state index in [0.717, 1.165) is 5.56 Å². The van der Waals surface area contributed by atoms with Gasteiger partial charge in [-0.25, -0.2) is 0 Å². The summed E-state index contributed by atoms with van der Waals surface area (Å²) in [6.07, 6.45) is 2.41. The molecule has 1 aromatic rings. The maximum absolute atomic E-state index is 12.1. The fourth-order valence-corrected chi connectivity index (χ4v) is 1.83. The number of nitriles is 1. The highest BCUT2D eigenvalue weighted by molar-refractivity contribution is 5.97. The molecule has 2 amide bonds. The molecular weight excluding hydrogens is 280 g/mol. The average molecular weight is 300 g/mol. The maximum atomic E-state index is 12.1. The number of hydrogen-bond acceptors (Lipinski definition) is 4. The quantitative estimate of drug-likeness (QED) is 0.426. The van der Waals surface area contributed by atoms with Crippen LogP contribution < -0.4 is 11.1 Å². The van der Waals surface area contributed by atoms with E-state index in [1.807, 2.05) is 43.3 Å². The molecule has 0 spiro atoms. The summed E-state index contributed by atoms with van der Waals surface area (Å²) in [6.45, 7) is 2.62. The van der Waals surface area contributed by atoms with E-state index in [0.29, 0.717) is 25.9 Å². The van der Waals surface area contributed by atoms with Crippen LogP contribution in [0.15, 0.2) is 42.1 Å². The molecule has 3 N–H and O–H groups in total. The molecule has 0 heterocycles. The maximum Gasteiger partial charge on any atom is 0.263 e. The molecule has 0 aliphatic rings. The summed E-state index contributed by atoms with van der Waals surface area (Å²) in [6, 6.07) is 11.0. The first kappa shape index (κ1) is 17.4. The fraction of sp³-hybridized carbons (Fsp3) is 0.312. The molecule has 0 aliphatic carbocycles. The van der Waals surface area contributed by atoms with E-state index >= 15 is 0 Å². The second kappa shape index (κ2) is 9.32. The van der Waals surface area contributed by atoms with Gasteiger partial charge in [-0.05, 0) is 25.5 Å². The highest BCUT2D eigenvalue weighted by Crippen LogP contribution is 2.12. The SMILES string of the molecule is CC(NC(=O)/C(C#N)=C\N(C=O)CCCN)c1ccccc1. The van der Waals surface area contributed by atoms with Crippen LogP contribution in [0.4, 0.5) is 0 Å². The molecule has 0 radical (unpaired) electrons. The lowest BCUT2D eigenvalue weighted by atomic mass is 10.1. The first-order valence-electron chi connectivity index (χ1n) is 7.01. The number of rotatable bonds is 8. The molecule has 0 aromatic heterocycles. The minimum absolute atomic E-state index is 0.119. The van der Waals surface area contributed by atoms with Gasteiger partial charge in [0.1, 0.15) is 11.6 Å². The van der Waals surface area contributed by atoms with Crippen LogP contribution in [0.5, 0.6) is 0 Å². The molecule has 0 saturated carbocycles. The molecule has 0 saturated heterocycles. The third-order valence-electron chi connectivity index (χ3n) is 3.06. The second-order valence-electron chi connectivity index (χ2n) is 4.75. The molecule has 0 aliphatic heterocycles. The Hall–Kier alpha value is -2.65. The summed E-state index contributed by atoms with van der Waals surface area (Å²) >= 11 is 0. The molecule has 1 atom stereocenters. The molecular formula is C16H20N4O2. The van der Waals surface area contributed by atoms with Crippen molar-refractivity contribution < 1.29 is 9.59 Å². The Bertz CT molecular complexity index is 563. The number of amides is 2. The van der Waals surface area contributed by atoms with Gasteiger partial charge < -0.3 is 16.0 Å². The fourth-order valence-electron chi connectivity index (χ4n) is 1.83. The standard InChI is InChI=1S/C16H20N4O2/c1-13(14-6-3-2-4-7-14)19-16(22)15(10-18)11-20(12-21)9-5-8-17/h2-4,6-7,11-13H,5,8-9,17H2,1H3,(H,19,22)/b15-11-. The molecule has 116 valence electrons.